The van der Waals surface area contributed by atoms with Crippen LogP contribution in [-0.4, -0.2) is 47.2 Å². The molecule has 2 aromatic rings. The van der Waals surface area contributed by atoms with Gasteiger partial charge in [-0.2, -0.15) is 0 Å². The molecule has 27 heavy (non-hydrogen) atoms. The predicted molar refractivity (Wildman–Crippen MR) is 108 cm³/mol. The molecule has 4 rings (SSSR count). The van der Waals surface area contributed by atoms with Gasteiger partial charge in [0, 0.05) is 25.2 Å². The van der Waals surface area contributed by atoms with Gasteiger partial charge in [0.2, 0.25) is 5.28 Å². The molecule has 0 bridgehead atoms. The number of halogens is 1. The molecule has 0 radical (unpaired) electrons. The summed E-state index contributed by atoms with van der Waals surface area (Å²) in [6.07, 6.45) is 0.933. The summed E-state index contributed by atoms with van der Waals surface area (Å²) in [6.45, 7) is 10.8. The molecule has 144 valence electrons. The van der Waals surface area contributed by atoms with E-state index in [1.54, 1.807) is 0 Å². The van der Waals surface area contributed by atoms with Gasteiger partial charge in [-0.05, 0) is 44.4 Å². The first-order valence-electron chi connectivity index (χ1n) is 9.67. The molecule has 5 nitrogen and oxygen atoms in total. The van der Waals surface area contributed by atoms with Crippen LogP contribution < -0.4 is 4.90 Å². The van der Waals surface area contributed by atoms with E-state index in [0.717, 1.165) is 50.8 Å². The van der Waals surface area contributed by atoms with Crippen LogP contribution in [0.3, 0.4) is 0 Å². The van der Waals surface area contributed by atoms with Gasteiger partial charge in [0.05, 0.1) is 30.5 Å². The minimum atomic E-state index is -0.208. The highest BCUT2D eigenvalue weighted by atomic mass is 35.5. The highest BCUT2D eigenvalue weighted by Crippen LogP contribution is 2.39. The molecule has 1 saturated heterocycles. The molecule has 0 aliphatic carbocycles. The van der Waals surface area contributed by atoms with Crippen molar-refractivity contribution in [1.29, 1.82) is 0 Å². The molecule has 0 amide bonds. The van der Waals surface area contributed by atoms with E-state index in [4.69, 9.17) is 21.3 Å². The largest absolute Gasteiger partial charge is 0.377 e. The lowest BCUT2D eigenvalue weighted by atomic mass is 9.87. The van der Waals surface area contributed by atoms with Gasteiger partial charge in [-0.15, -0.1) is 0 Å². The van der Waals surface area contributed by atoms with E-state index in [2.05, 4.69) is 65.9 Å². The Labute approximate surface area is 166 Å². The summed E-state index contributed by atoms with van der Waals surface area (Å²) in [5, 5.41) is 0.331. The molecule has 1 aromatic heterocycles. The zero-order valence-corrected chi connectivity index (χ0v) is 17.0. The second kappa shape index (κ2) is 7.38. The summed E-state index contributed by atoms with van der Waals surface area (Å²) in [5.41, 5.74) is 3.40. The third-order valence-electron chi connectivity index (χ3n) is 5.82. The minimum Gasteiger partial charge on any atom is -0.377 e. The fourth-order valence-corrected chi connectivity index (χ4v) is 4.38. The third kappa shape index (κ3) is 3.56. The Balaban J connectivity index is 1.70. The van der Waals surface area contributed by atoms with Crippen molar-refractivity contribution in [1.82, 2.24) is 14.9 Å². The van der Waals surface area contributed by atoms with Crippen LogP contribution in [0.5, 0.6) is 0 Å². The van der Waals surface area contributed by atoms with Gasteiger partial charge in [-0.25, -0.2) is 9.97 Å². The molecule has 0 saturated carbocycles. The summed E-state index contributed by atoms with van der Waals surface area (Å²) >= 11 is 6.39. The van der Waals surface area contributed by atoms with Crippen LogP contribution in [0.4, 0.5) is 5.82 Å². The number of hydrogen-bond donors (Lipinski definition) is 0. The van der Waals surface area contributed by atoms with E-state index in [1.165, 1.54) is 11.1 Å². The Kier molecular flexibility index (Phi) is 5.10. The maximum absolute atomic E-state index is 6.39. The Morgan fingerprint density at radius 3 is 2.70 bits per heavy atom. The first-order valence-corrected chi connectivity index (χ1v) is 10.0. The smallest absolute Gasteiger partial charge is 0.224 e. The molecule has 0 spiro atoms. The van der Waals surface area contributed by atoms with Crippen molar-refractivity contribution in [2.45, 2.75) is 45.3 Å². The van der Waals surface area contributed by atoms with Crippen molar-refractivity contribution < 1.29 is 4.74 Å². The van der Waals surface area contributed by atoms with Crippen LogP contribution in [0.25, 0.3) is 0 Å². The molecule has 1 fully saturated rings. The van der Waals surface area contributed by atoms with Crippen LogP contribution in [0, 0.1) is 0 Å². The Bertz CT molecular complexity index is 811. The van der Waals surface area contributed by atoms with Gasteiger partial charge < -0.3 is 9.64 Å². The number of fused-ring (bicyclic) bond motifs is 1. The van der Waals surface area contributed by atoms with Crippen LogP contribution in [0.1, 0.15) is 37.6 Å². The van der Waals surface area contributed by atoms with Crippen LogP contribution >= 0.6 is 11.6 Å². The second-order valence-corrected chi connectivity index (χ2v) is 8.31. The number of hydrogen-bond acceptors (Lipinski definition) is 5. The van der Waals surface area contributed by atoms with Crippen molar-refractivity contribution in [3.05, 3.63) is 52.4 Å². The molecular weight excluding hydrogens is 360 g/mol. The van der Waals surface area contributed by atoms with Crippen molar-refractivity contribution in [3.63, 3.8) is 0 Å². The number of nitrogens with zero attached hydrogens (tertiary/aromatic N) is 4. The predicted octanol–water partition coefficient (Wildman–Crippen LogP) is 3.65. The molecule has 1 aromatic carbocycles. The van der Waals surface area contributed by atoms with Crippen LogP contribution in [-0.2, 0) is 23.2 Å². The molecule has 2 aliphatic heterocycles. The number of rotatable bonds is 3. The standard InChI is InChI=1S/C21H27ClN4O/c1-15-14-27-12-11-26(15)19-17-9-10-25(13-16-7-5-4-6-8-16)21(2,3)18(17)23-20(22)24-19/h4-8,15H,9-14H2,1-3H3/t15-/m1/s1. The lowest BCUT2D eigenvalue weighted by Crippen LogP contribution is -2.49. The SMILES string of the molecule is C[C@@H]1COCCN1c1nc(Cl)nc2c1CCN(Cc1ccccc1)C2(C)C. The maximum atomic E-state index is 6.39. The zero-order valence-electron chi connectivity index (χ0n) is 16.3. The topological polar surface area (TPSA) is 41.5 Å². The highest BCUT2D eigenvalue weighted by molar-refractivity contribution is 6.28. The molecule has 0 N–H and O–H groups in total. The lowest BCUT2D eigenvalue weighted by Gasteiger charge is -2.45. The fourth-order valence-electron chi connectivity index (χ4n) is 4.22. The summed E-state index contributed by atoms with van der Waals surface area (Å²) in [7, 11) is 0. The summed E-state index contributed by atoms with van der Waals surface area (Å²) in [5.74, 6) is 0.994. The lowest BCUT2D eigenvalue weighted by molar-refractivity contribution is 0.0908. The Morgan fingerprint density at radius 1 is 1.19 bits per heavy atom. The van der Waals surface area contributed by atoms with E-state index in [9.17, 15) is 0 Å². The van der Waals surface area contributed by atoms with Crippen LogP contribution in [0.2, 0.25) is 5.28 Å². The number of aromatic nitrogens is 2. The van der Waals surface area contributed by atoms with E-state index in [-0.39, 0.29) is 5.54 Å². The quantitative estimate of drug-likeness (QED) is 0.753. The fraction of sp³-hybridized carbons (Fsp3) is 0.524. The normalized spacial score (nSPS) is 22.5. The maximum Gasteiger partial charge on any atom is 0.224 e. The number of benzene rings is 1. The molecule has 6 heteroatoms. The number of morpholine rings is 1. The summed E-state index contributed by atoms with van der Waals surface area (Å²) < 4.78 is 5.61. The van der Waals surface area contributed by atoms with Crippen molar-refractivity contribution >= 4 is 17.4 Å². The molecule has 1 atom stereocenters. The Hall–Kier alpha value is -1.69. The van der Waals surface area contributed by atoms with Gasteiger partial charge in [-0.1, -0.05) is 30.3 Å². The number of anilines is 1. The second-order valence-electron chi connectivity index (χ2n) is 7.98. The van der Waals surface area contributed by atoms with Crippen molar-refractivity contribution in [3.8, 4) is 0 Å². The zero-order chi connectivity index (χ0) is 19.0. The molecule has 2 aliphatic rings. The highest BCUT2D eigenvalue weighted by Gasteiger charge is 2.39. The molecule has 3 heterocycles. The number of ether oxygens (including phenoxy) is 1. The van der Waals surface area contributed by atoms with Gasteiger partial charge in [0.1, 0.15) is 5.82 Å². The van der Waals surface area contributed by atoms with Crippen LogP contribution in [0.15, 0.2) is 30.3 Å². The first kappa shape index (κ1) is 18.7. The first-order chi connectivity index (χ1) is 13.0. The molecular formula is C21H27ClN4O. The molecule has 0 unspecified atom stereocenters. The van der Waals surface area contributed by atoms with E-state index < -0.39 is 0 Å². The third-order valence-corrected chi connectivity index (χ3v) is 5.98. The van der Waals surface area contributed by atoms with Gasteiger partial charge in [-0.3, -0.25) is 4.90 Å². The Morgan fingerprint density at radius 2 is 1.96 bits per heavy atom. The van der Waals surface area contributed by atoms with Crippen molar-refractivity contribution in [2.24, 2.45) is 0 Å². The van der Waals surface area contributed by atoms with Gasteiger partial charge in [0.15, 0.2) is 0 Å². The monoisotopic (exact) mass is 386 g/mol. The average molecular weight is 387 g/mol. The minimum absolute atomic E-state index is 0.208. The van der Waals surface area contributed by atoms with Crippen molar-refractivity contribution in [2.75, 3.05) is 31.2 Å². The van der Waals surface area contributed by atoms with E-state index >= 15 is 0 Å². The average Bonchev–Trinajstić information content (AvgIpc) is 2.65. The summed E-state index contributed by atoms with van der Waals surface area (Å²) in [6, 6.07) is 10.9. The van der Waals surface area contributed by atoms with E-state index in [0.29, 0.717) is 11.3 Å². The van der Waals surface area contributed by atoms with Gasteiger partial charge in [0.25, 0.3) is 0 Å². The summed E-state index contributed by atoms with van der Waals surface area (Å²) in [4.78, 5) is 14.2. The van der Waals surface area contributed by atoms with E-state index in [1.807, 2.05) is 0 Å². The van der Waals surface area contributed by atoms with Gasteiger partial charge >= 0.3 is 0 Å².